The van der Waals surface area contributed by atoms with E-state index in [-0.39, 0.29) is 30.2 Å². The summed E-state index contributed by atoms with van der Waals surface area (Å²) in [6.07, 6.45) is 5.68. The highest BCUT2D eigenvalue weighted by atomic mass is 32.1. The van der Waals surface area contributed by atoms with Gasteiger partial charge in [0.05, 0.1) is 17.4 Å². The van der Waals surface area contributed by atoms with Gasteiger partial charge in [0.1, 0.15) is 18.3 Å². The van der Waals surface area contributed by atoms with Crippen molar-refractivity contribution < 1.29 is 14.0 Å². The van der Waals surface area contributed by atoms with Crippen molar-refractivity contribution in [2.45, 2.75) is 51.2 Å². The molecule has 1 aromatic carbocycles. The molecule has 5 aromatic rings. The number of amides is 2. The lowest BCUT2D eigenvalue weighted by atomic mass is 10.1. The minimum Gasteiger partial charge on any atom is -0.458 e. The molecule has 0 bridgehead atoms. The van der Waals surface area contributed by atoms with E-state index in [0.717, 1.165) is 47.2 Å². The van der Waals surface area contributed by atoms with Gasteiger partial charge in [-0.2, -0.15) is 4.80 Å². The number of carbonyl (C=O) groups is 2. The van der Waals surface area contributed by atoms with E-state index in [4.69, 9.17) is 4.42 Å². The number of anilines is 1. The maximum atomic E-state index is 14.0. The van der Waals surface area contributed by atoms with E-state index in [1.165, 1.54) is 21.0 Å². The van der Waals surface area contributed by atoms with Crippen LogP contribution >= 0.6 is 11.3 Å². The van der Waals surface area contributed by atoms with Gasteiger partial charge in [-0.15, -0.1) is 21.5 Å². The number of benzene rings is 1. The third-order valence-corrected chi connectivity index (χ3v) is 7.76. The minimum absolute atomic E-state index is 0.0999. The molecular weight excluding hydrogens is 514 g/mol. The molecule has 0 aliphatic heterocycles. The Hall–Kier alpha value is -4.38. The van der Waals surface area contributed by atoms with Crippen LogP contribution in [0.2, 0.25) is 0 Å². The van der Waals surface area contributed by atoms with Crippen molar-refractivity contribution in [1.82, 2.24) is 30.5 Å². The molecular formula is C28H27N7O3S. The molecule has 4 aromatic heterocycles. The number of aryl methyl sites for hydroxylation is 1. The molecule has 1 aliphatic rings. The zero-order chi connectivity index (χ0) is 26.8. The van der Waals surface area contributed by atoms with Crippen LogP contribution in [-0.4, -0.2) is 43.0 Å². The minimum atomic E-state index is -0.878. The van der Waals surface area contributed by atoms with E-state index < -0.39 is 6.04 Å². The SMILES string of the molecule is Cc1ccc(-c2nnn(CC(=O)N(c3cnc4ccccc4c3)[C@@H](C(=O)NC3CCCC3)c3cccs3)n2)o1. The zero-order valence-corrected chi connectivity index (χ0v) is 22.2. The first kappa shape index (κ1) is 24.9. The first-order valence-corrected chi connectivity index (χ1v) is 13.8. The molecule has 10 nitrogen and oxygen atoms in total. The second-order valence-corrected chi connectivity index (χ2v) is 10.6. The van der Waals surface area contributed by atoms with Gasteiger partial charge in [-0.25, -0.2) is 0 Å². The number of nitrogens with one attached hydrogen (secondary N) is 1. The molecule has 0 saturated heterocycles. The average molecular weight is 542 g/mol. The van der Waals surface area contributed by atoms with E-state index in [0.29, 0.717) is 11.4 Å². The fourth-order valence-corrected chi connectivity index (χ4v) is 5.77. The van der Waals surface area contributed by atoms with Crippen molar-refractivity contribution in [1.29, 1.82) is 0 Å². The second kappa shape index (κ2) is 10.8. The van der Waals surface area contributed by atoms with Gasteiger partial charge >= 0.3 is 0 Å². The van der Waals surface area contributed by atoms with E-state index in [9.17, 15) is 9.59 Å². The average Bonchev–Trinajstić information content (AvgIpc) is 3.76. The largest absolute Gasteiger partial charge is 0.458 e. The van der Waals surface area contributed by atoms with Crippen molar-refractivity contribution in [3.05, 3.63) is 76.8 Å². The summed E-state index contributed by atoms with van der Waals surface area (Å²) in [4.78, 5) is 36.0. The van der Waals surface area contributed by atoms with Gasteiger partial charge in [0, 0.05) is 16.3 Å². The van der Waals surface area contributed by atoms with Gasteiger partial charge in [0.25, 0.3) is 5.91 Å². The second-order valence-electron chi connectivity index (χ2n) is 9.61. The number of nitrogens with zero attached hydrogens (tertiary/aromatic N) is 6. The van der Waals surface area contributed by atoms with Gasteiger partial charge in [0.15, 0.2) is 5.76 Å². The fraction of sp³-hybridized carbons (Fsp3) is 0.286. The lowest BCUT2D eigenvalue weighted by Gasteiger charge is -2.31. The Morgan fingerprint density at radius 3 is 2.77 bits per heavy atom. The molecule has 2 amide bonds. The molecule has 39 heavy (non-hydrogen) atoms. The number of thiophene rings is 1. The molecule has 4 heterocycles. The molecule has 0 unspecified atom stereocenters. The van der Waals surface area contributed by atoms with Gasteiger partial charge in [-0.1, -0.05) is 37.1 Å². The number of rotatable bonds is 8. The van der Waals surface area contributed by atoms with Crippen molar-refractivity contribution in [2.24, 2.45) is 0 Å². The van der Waals surface area contributed by atoms with Crippen LogP contribution in [-0.2, 0) is 16.1 Å². The number of hydrogen-bond donors (Lipinski definition) is 1. The van der Waals surface area contributed by atoms with E-state index in [2.05, 4.69) is 25.7 Å². The molecule has 0 radical (unpaired) electrons. The number of tetrazole rings is 1. The summed E-state index contributed by atoms with van der Waals surface area (Å²) in [7, 11) is 0. The van der Waals surface area contributed by atoms with Crippen molar-refractivity contribution in [3.63, 3.8) is 0 Å². The van der Waals surface area contributed by atoms with Crippen molar-refractivity contribution in [3.8, 4) is 11.6 Å². The van der Waals surface area contributed by atoms with Crippen LogP contribution in [0.15, 0.2) is 70.6 Å². The number of pyridine rings is 1. The van der Waals surface area contributed by atoms with Crippen LogP contribution in [0.3, 0.4) is 0 Å². The quantitative estimate of drug-likeness (QED) is 0.303. The number of hydrogen-bond acceptors (Lipinski definition) is 8. The van der Waals surface area contributed by atoms with E-state index in [1.54, 1.807) is 12.3 Å². The summed E-state index contributed by atoms with van der Waals surface area (Å²) in [5.74, 6) is 0.882. The Bertz CT molecular complexity index is 1600. The molecule has 1 aliphatic carbocycles. The Labute approximate surface area is 228 Å². The third-order valence-electron chi connectivity index (χ3n) is 6.83. The van der Waals surface area contributed by atoms with Crippen molar-refractivity contribution in [2.75, 3.05) is 4.90 Å². The Morgan fingerprint density at radius 1 is 1.15 bits per heavy atom. The fourth-order valence-electron chi connectivity index (χ4n) is 4.96. The lowest BCUT2D eigenvalue weighted by molar-refractivity contribution is -0.127. The number of para-hydroxylation sites is 1. The third kappa shape index (κ3) is 5.30. The summed E-state index contributed by atoms with van der Waals surface area (Å²) < 4.78 is 5.59. The smallest absolute Gasteiger partial charge is 0.251 e. The molecule has 1 saturated carbocycles. The molecule has 1 fully saturated rings. The number of furan rings is 1. The normalized spacial score (nSPS) is 14.5. The Kier molecular flexibility index (Phi) is 6.89. The summed E-state index contributed by atoms with van der Waals surface area (Å²) in [6, 6.07) is 16.1. The highest BCUT2D eigenvalue weighted by Gasteiger charge is 2.35. The molecule has 6 rings (SSSR count). The summed E-state index contributed by atoms with van der Waals surface area (Å²) in [5, 5.41) is 18.4. The van der Waals surface area contributed by atoms with Crippen LogP contribution in [0.4, 0.5) is 5.69 Å². The van der Waals surface area contributed by atoms with Gasteiger partial charge in [-0.3, -0.25) is 19.5 Å². The van der Waals surface area contributed by atoms with Crippen LogP contribution in [0.5, 0.6) is 0 Å². The zero-order valence-electron chi connectivity index (χ0n) is 21.4. The number of carbonyl (C=O) groups excluding carboxylic acids is 2. The monoisotopic (exact) mass is 541 g/mol. The molecule has 1 atom stereocenters. The highest BCUT2D eigenvalue weighted by molar-refractivity contribution is 7.10. The molecule has 1 N–H and O–H groups in total. The van der Waals surface area contributed by atoms with Gasteiger partial charge < -0.3 is 9.73 Å². The molecule has 198 valence electrons. The first-order chi connectivity index (χ1) is 19.0. The number of fused-ring (bicyclic) bond motifs is 1. The predicted molar refractivity (Wildman–Crippen MR) is 147 cm³/mol. The first-order valence-electron chi connectivity index (χ1n) is 12.9. The lowest BCUT2D eigenvalue weighted by Crippen LogP contribution is -2.47. The van der Waals surface area contributed by atoms with Crippen LogP contribution in [0.25, 0.3) is 22.5 Å². The molecule has 11 heteroatoms. The van der Waals surface area contributed by atoms with E-state index in [1.807, 2.05) is 60.8 Å². The summed E-state index contributed by atoms with van der Waals surface area (Å²) in [5.41, 5.74) is 1.31. The maximum absolute atomic E-state index is 14.0. The van der Waals surface area contributed by atoms with Gasteiger partial charge in [-0.05, 0) is 60.7 Å². The predicted octanol–water partition coefficient (Wildman–Crippen LogP) is 4.68. The Morgan fingerprint density at radius 2 is 2.00 bits per heavy atom. The van der Waals surface area contributed by atoms with Crippen molar-refractivity contribution >= 4 is 39.7 Å². The maximum Gasteiger partial charge on any atom is 0.251 e. The Balaban J connectivity index is 1.38. The standard InChI is InChI=1S/C28H27N7O3S/c1-18-12-13-23(38-18)27-31-33-34(32-27)17-25(36)35(21-15-19-7-2-5-10-22(19)29-16-21)26(24-11-6-14-39-24)28(37)30-20-8-3-4-9-20/h2,5-7,10-16,20,26H,3-4,8-9,17H2,1H3,(H,30,37)/t26-/m1/s1. The summed E-state index contributed by atoms with van der Waals surface area (Å²) in [6.45, 7) is 1.60. The van der Waals surface area contributed by atoms with E-state index >= 15 is 0 Å². The number of aromatic nitrogens is 5. The summed E-state index contributed by atoms with van der Waals surface area (Å²) >= 11 is 1.43. The van der Waals surface area contributed by atoms with Crippen LogP contribution in [0, 0.1) is 6.92 Å². The topological polar surface area (TPSA) is 119 Å². The van der Waals surface area contributed by atoms with Crippen LogP contribution < -0.4 is 10.2 Å². The highest BCUT2D eigenvalue weighted by Crippen LogP contribution is 2.33. The van der Waals surface area contributed by atoms with Crippen LogP contribution in [0.1, 0.15) is 42.4 Å². The van der Waals surface area contributed by atoms with Gasteiger partial charge in [0.2, 0.25) is 11.7 Å². The molecule has 0 spiro atoms.